The highest BCUT2D eigenvalue weighted by Crippen LogP contribution is 2.27. The molecule has 16 heavy (non-hydrogen) atoms. The van der Waals surface area contributed by atoms with Crippen LogP contribution in [0.25, 0.3) is 11.1 Å². The topological polar surface area (TPSA) is 48.1 Å². The third kappa shape index (κ3) is 2.08. The molecule has 0 saturated heterocycles. The lowest BCUT2D eigenvalue weighted by Gasteiger charge is -2.04. The lowest BCUT2D eigenvalue weighted by atomic mass is 10.1. The maximum atomic E-state index is 5.59. The molecule has 2 rings (SSSR count). The molecule has 4 heteroatoms. The van der Waals surface area contributed by atoms with E-state index in [4.69, 9.17) is 10.5 Å². The van der Waals surface area contributed by atoms with Crippen LogP contribution in [0.1, 0.15) is 10.4 Å². The fourth-order valence-electron chi connectivity index (χ4n) is 1.57. The van der Waals surface area contributed by atoms with Gasteiger partial charge in [-0.25, -0.2) is 4.98 Å². The molecule has 0 aliphatic rings. The maximum Gasteiger partial charge on any atom is 0.215 e. The van der Waals surface area contributed by atoms with Gasteiger partial charge in [0.15, 0.2) is 0 Å². The van der Waals surface area contributed by atoms with Crippen molar-refractivity contribution >= 4 is 11.3 Å². The second kappa shape index (κ2) is 4.63. The van der Waals surface area contributed by atoms with Crippen LogP contribution in [0.2, 0.25) is 0 Å². The molecule has 0 bridgehead atoms. The Bertz CT molecular complexity index is 494. The number of thiophene rings is 1. The summed E-state index contributed by atoms with van der Waals surface area (Å²) in [7, 11) is 1.63. The molecule has 0 saturated carbocycles. The Morgan fingerprint density at radius 3 is 2.75 bits per heavy atom. The van der Waals surface area contributed by atoms with E-state index in [0.29, 0.717) is 12.4 Å². The van der Waals surface area contributed by atoms with Gasteiger partial charge >= 0.3 is 0 Å². The lowest BCUT2D eigenvalue weighted by molar-refractivity contribution is 0.394. The second-order valence-corrected chi connectivity index (χ2v) is 4.55. The van der Waals surface area contributed by atoms with Crippen LogP contribution < -0.4 is 10.5 Å². The summed E-state index contributed by atoms with van der Waals surface area (Å²) in [5, 5.41) is 2.10. The fourth-order valence-corrected chi connectivity index (χ4v) is 2.35. The lowest BCUT2D eigenvalue weighted by Crippen LogP contribution is -1.92. The smallest absolute Gasteiger partial charge is 0.215 e. The molecule has 0 atom stereocenters. The van der Waals surface area contributed by atoms with Gasteiger partial charge in [0, 0.05) is 28.7 Å². The molecule has 0 spiro atoms. The van der Waals surface area contributed by atoms with Crippen LogP contribution in [-0.4, -0.2) is 12.1 Å². The number of rotatable bonds is 3. The number of methoxy groups -OCH3 is 1. The zero-order valence-corrected chi connectivity index (χ0v) is 10.2. The van der Waals surface area contributed by atoms with Crippen molar-refractivity contribution in [1.82, 2.24) is 4.98 Å². The molecule has 0 amide bonds. The van der Waals surface area contributed by atoms with E-state index in [1.54, 1.807) is 18.4 Å². The average molecular weight is 234 g/mol. The summed E-state index contributed by atoms with van der Waals surface area (Å²) in [6, 6.07) is 4.18. The Morgan fingerprint density at radius 1 is 1.38 bits per heavy atom. The minimum atomic E-state index is 0.591. The zero-order valence-electron chi connectivity index (χ0n) is 9.36. The van der Waals surface area contributed by atoms with E-state index >= 15 is 0 Å². The van der Waals surface area contributed by atoms with Gasteiger partial charge in [-0.3, -0.25) is 0 Å². The van der Waals surface area contributed by atoms with Gasteiger partial charge in [0.25, 0.3) is 0 Å². The number of ether oxygens (including phenoxy) is 1. The normalized spacial score (nSPS) is 10.4. The Labute approximate surface area is 98.9 Å². The second-order valence-electron chi connectivity index (χ2n) is 3.56. The number of hydrogen-bond donors (Lipinski definition) is 1. The highest BCUT2D eigenvalue weighted by atomic mass is 32.1. The quantitative estimate of drug-likeness (QED) is 0.888. The summed E-state index contributed by atoms with van der Waals surface area (Å²) < 4.78 is 5.13. The molecule has 2 aromatic heterocycles. The standard InChI is InChI=1S/C12H14N2OS/c1-8-3-9(6-14-12(8)15-2)10-4-11(5-13)16-7-10/h3-4,6-7H,5,13H2,1-2H3. The van der Waals surface area contributed by atoms with E-state index in [0.717, 1.165) is 11.1 Å². The molecule has 0 radical (unpaired) electrons. The van der Waals surface area contributed by atoms with Crippen molar-refractivity contribution in [3.8, 4) is 17.0 Å². The molecule has 0 aliphatic carbocycles. The van der Waals surface area contributed by atoms with Crippen molar-refractivity contribution < 1.29 is 4.74 Å². The van der Waals surface area contributed by atoms with Gasteiger partial charge in [0.05, 0.1) is 7.11 Å². The minimum absolute atomic E-state index is 0.591. The Morgan fingerprint density at radius 2 is 2.19 bits per heavy atom. The van der Waals surface area contributed by atoms with Gasteiger partial charge in [0.2, 0.25) is 5.88 Å². The first-order valence-corrected chi connectivity index (χ1v) is 5.91. The van der Waals surface area contributed by atoms with E-state index in [1.165, 1.54) is 10.4 Å². The Balaban J connectivity index is 2.37. The van der Waals surface area contributed by atoms with Crippen molar-refractivity contribution in [2.75, 3.05) is 7.11 Å². The first kappa shape index (κ1) is 11.1. The Hall–Kier alpha value is -1.39. The summed E-state index contributed by atoms with van der Waals surface area (Å²) in [6.07, 6.45) is 1.83. The van der Waals surface area contributed by atoms with E-state index in [-0.39, 0.29) is 0 Å². The zero-order chi connectivity index (χ0) is 11.5. The minimum Gasteiger partial charge on any atom is -0.481 e. The van der Waals surface area contributed by atoms with Crippen LogP contribution in [0, 0.1) is 6.92 Å². The van der Waals surface area contributed by atoms with Crippen molar-refractivity contribution in [3.63, 3.8) is 0 Å². The largest absolute Gasteiger partial charge is 0.481 e. The predicted molar refractivity (Wildman–Crippen MR) is 66.7 cm³/mol. The summed E-state index contributed by atoms with van der Waals surface area (Å²) in [4.78, 5) is 5.44. The number of nitrogens with two attached hydrogens (primary N) is 1. The highest BCUT2D eigenvalue weighted by molar-refractivity contribution is 7.10. The van der Waals surface area contributed by atoms with Crippen LogP contribution in [0.3, 0.4) is 0 Å². The number of aryl methyl sites for hydroxylation is 1. The molecule has 0 fully saturated rings. The van der Waals surface area contributed by atoms with E-state index in [9.17, 15) is 0 Å². The van der Waals surface area contributed by atoms with E-state index in [2.05, 4.69) is 22.5 Å². The maximum absolute atomic E-state index is 5.59. The van der Waals surface area contributed by atoms with Gasteiger partial charge in [-0.05, 0) is 30.0 Å². The van der Waals surface area contributed by atoms with Crippen LogP contribution in [0.15, 0.2) is 23.7 Å². The van der Waals surface area contributed by atoms with Crippen molar-refractivity contribution in [3.05, 3.63) is 34.2 Å². The van der Waals surface area contributed by atoms with E-state index in [1.807, 2.05) is 13.1 Å². The van der Waals surface area contributed by atoms with E-state index < -0.39 is 0 Å². The van der Waals surface area contributed by atoms with Gasteiger partial charge in [-0.2, -0.15) is 0 Å². The number of aromatic nitrogens is 1. The van der Waals surface area contributed by atoms with Crippen LogP contribution in [-0.2, 0) is 6.54 Å². The highest BCUT2D eigenvalue weighted by Gasteiger charge is 2.05. The predicted octanol–water partition coefficient (Wildman–Crippen LogP) is 2.59. The first-order chi connectivity index (χ1) is 7.74. The Kier molecular flexibility index (Phi) is 3.22. The first-order valence-electron chi connectivity index (χ1n) is 5.03. The van der Waals surface area contributed by atoms with Crippen LogP contribution >= 0.6 is 11.3 Å². The molecule has 3 nitrogen and oxygen atoms in total. The molecule has 2 N–H and O–H groups in total. The van der Waals surface area contributed by atoms with Crippen molar-refractivity contribution in [2.24, 2.45) is 5.73 Å². The summed E-state index contributed by atoms with van der Waals surface area (Å²) in [5.74, 6) is 0.679. The third-order valence-electron chi connectivity index (χ3n) is 2.41. The molecular weight excluding hydrogens is 220 g/mol. The number of nitrogens with zero attached hydrogens (tertiary/aromatic N) is 1. The monoisotopic (exact) mass is 234 g/mol. The molecule has 0 aromatic carbocycles. The molecule has 2 aromatic rings. The average Bonchev–Trinajstić information content (AvgIpc) is 2.77. The summed E-state index contributed by atoms with van der Waals surface area (Å²) in [5.41, 5.74) is 8.91. The third-order valence-corrected chi connectivity index (χ3v) is 3.37. The number of hydrogen-bond acceptors (Lipinski definition) is 4. The van der Waals surface area contributed by atoms with Gasteiger partial charge in [-0.1, -0.05) is 0 Å². The van der Waals surface area contributed by atoms with Gasteiger partial charge < -0.3 is 10.5 Å². The summed E-state index contributed by atoms with van der Waals surface area (Å²) in [6.45, 7) is 2.58. The number of pyridine rings is 1. The SMILES string of the molecule is COc1ncc(-c2csc(CN)c2)cc1C. The molecule has 84 valence electrons. The fraction of sp³-hybridized carbons (Fsp3) is 0.250. The van der Waals surface area contributed by atoms with Gasteiger partial charge in [0.1, 0.15) is 0 Å². The molecule has 0 unspecified atom stereocenters. The molecular formula is C12H14N2OS. The molecule has 2 heterocycles. The van der Waals surface area contributed by atoms with Gasteiger partial charge in [-0.15, -0.1) is 11.3 Å². The van der Waals surface area contributed by atoms with Crippen molar-refractivity contribution in [1.29, 1.82) is 0 Å². The van der Waals surface area contributed by atoms with Crippen molar-refractivity contribution in [2.45, 2.75) is 13.5 Å². The van der Waals surface area contributed by atoms with Crippen LogP contribution in [0.4, 0.5) is 0 Å². The molecule has 0 aliphatic heterocycles. The summed E-state index contributed by atoms with van der Waals surface area (Å²) >= 11 is 1.68. The van der Waals surface area contributed by atoms with Crippen LogP contribution in [0.5, 0.6) is 5.88 Å².